The second-order valence-electron chi connectivity index (χ2n) is 3.30. The van der Waals surface area contributed by atoms with Crippen LogP contribution in [0.15, 0.2) is 30.3 Å². The van der Waals surface area contributed by atoms with Gasteiger partial charge in [-0.05, 0) is 11.5 Å². The van der Waals surface area contributed by atoms with Crippen LogP contribution in [0.1, 0.15) is 18.4 Å². The molecule has 1 N–H and O–H groups in total. The minimum Gasteiger partial charge on any atom is -0.481 e. The Morgan fingerprint density at radius 3 is 2.43 bits per heavy atom. The van der Waals surface area contributed by atoms with Gasteiger partial charge in [0.15, 0.2) is 0 Å². The summed E-state index contributed by atoms with van der Waals surface area (Å²) in [6.07, 6.45) is 0. The van der Waals surface area contributed by atoms with E-state index in [2.05, 4.69) is 0 Å². The van der Waals surface area contributed by atoms with E-state index in [-0.39, 0.29) is 11.8 Å². The van der Waals surface area contributed by atoms with Crippen molar-refractivity contribution < 1.29 is 9.90 Å². The van der Waals surface area contributed by atoms with Crippen molar-refractivity contribution in [1.29, 1.82) is 0 Å². The molecule has 0 aliphatic rings. The van der Waals surface area contributed by atoms with Gasteiger partial charge in [-0.25, -0.2) is 0 Å². The third-order valence-electron chi connectivity index (χ3n) is 2.41. The quantitative estimate of drug-likeness (QED) is 0.780. The lowest BCUT2D eigenvalue weighted by Crippen LogP contribution is -2.21. The highest BCUT2D eigenvalue weighted by atomic mass is 35.5. The summed E-state index contributed by atoms with van der Waals surface area (Å²) in [5.41, 5.74) is 1.01. The summed E-state index contributed by atoms with van der Waals surface area (Å²) >= 11 is 5.63. The molecule has 0 aromatic heterocycles. The average molecular weight is 213 g/mol. The summed E-state index contributed by atoms with van der Waals surface area (Å²) < 4.78 is 0. The zero-order chi connectivity index (χ0) is 10.6. The summed E-state index contributed by atoms with van der Waals surface area (Å²) in [6.45, 7) is 1.89. The highest BCUT2D eigenvalue weighted by Gasteiger charge is 2.24. The number of aliphatic carboxylic acids is 1. The second-order valence-corrected chi connectivity index (χ2v) is 3.61. The molecule has 0 saturated heterocycles. The Kier molecular flexibility index (Phi) is 3.96. The number of carbonyl (C=O) groups is 1. The molecule has 0 aliphatic carbocycles. The van der Waals surface area contributed by atoms with Gasteiger partial charge in [-0.3, -0.25) is 4.79 Å². The predicted molar refractivity (Wildman–Crippen MR) is 56.7 cm³/mol. The Bertz CT molecular complexity index is 297. The van der Waals surface area contributed by atoms with Crippen LogP contribution < -0.4 is 0 Å². The summed E-state index contributed by atoms with van der Waals surface area (Å²) in [5, 5.41) is 8.92. The zero-order valence-electron chi connectivity index (χ0n) is 7.98. The molecule has 0 heterocycles. The standard InChI is InChI=1S/C11H13ClO2/c1-8(10(7-12)11(13)14)9-5-3-2-4-6-9/h2-6,8,10H,7H2,1H3,(H,13,14). The van der Waals surface area contributed by atoms with Crippen LogP contribution in [0.25, 0.3) is 0 Å². The summed E-state index contributed by atoms with van der Waals surface area (Å²) in [7, 11) is 0. The molecule has 1 aromatic rings. The van der Waals surface area contributed by atoms with Gasteiger partial charge in [0.2, 0.25) is 0 Å². The molecule has 3 heteroatoms. The number of carboxylic acid groups (broad SMARTS) is 1. The molecule has 0 spiro atoms. The van der Waals surface area contributed by atoms with Crippen LogP contribution in [0.3, 0.4) is 0 Å². The molecule has 2 unspecified atom stereocenters. The first kappa shape index (κ1) is 11.1. The summed E-state index contributed by atoms with van der Waals surface area (Å²) in [4.78, 5) is 10.9. The summed E-state index contributed by atoms with van der Waals surface area (Å²) in [5.74, 6) is -1.26. The van der Waals surface area contributed by atoms with E-state index < -0.39 is 11.9 Å². The van der Waals surface area contributed by atoms with Crippen molar-refractivity contribution in [2.45, 2.75) is 12.8 Å². The lowest BCUT2D eigenvalue weighted by atomic mass is 9.89. The second kappa shape index (κ2) is 5.01. The topological polar surface area (TPSA) is 37.3 Å². The minimum atomic E-state index is -0.837. The molecule has 1 rings (SSSR count). The molecular weight excluding hydrogens is 200 g/mol. The van der Waals surface area contributed by atoms with Crippen molar-refractivity contribution in [3.8, 4) is 0 Å². The van der Waals surface area contributed by atoms with Gasteiger partial charge in [-0.1, -0.05) is 37.3 Å². The van der Waals surface area contributed by atoms with Gasteiger partial charge in [0.05, 0.1) is 5.92 Å². The normalized spacial score (nSPS) is 14.7. The first-order valence-corrected chi connectivity index (χ1v) is 5.04. The molecule has 2 nitrogen and oxygen atoms in total. The van der Waals surface area contributed by atoms with E-state index in [0.29, 0.717) is 0 Å². The third kappa shape index (κ3) is 2.48. The van der Waals surface area contributed by atoms with Crippen LogP contribution in [0.4, 0.5) is 0 Å². The molecule has 0 aliphatic heterocycles. The third-order valence-corrected chi connectivity index (χ3v) is 2.74. The highest BCUT2D eigenvalue weighted by molar-refractivity contribution is 6.19. The maximum absolute atomic E-state index is 10.9. The highest BCUT2D eigenvalue weighted by Crippen LogP contribution is 2.25. The monoisotopic (exact) mass is 212 g/mol. The first-order chi connectivity index (χ1) is 6.66. The SMILES string of the molecule is CC(c1ccccc1)C(CCl)C(=O)O. The number of hydrogen-bond acceptors (Lipinski definition) is 1. The van der Waals surface area contributed by atoms with E-state index >= 15 is 0 Å². The molecule has 76 valence electrons. The van der Waals surface area contributed by atoms with Crippen molar-refractivity contribution in [3.05, 3.63) is 35.9 Å². The molecule has 0 bridgehead atoms. The van der Waals surface area contributed by atoms with Crippen LogP contribution in [0.5, 0.6) is 0 Å². The van der Waals surface area contributed by atoms with Crippen molar-refractivity contribution in [2.75, 3.05) is 5.88 Å². The number of alkyl halides is 1. The molecule has 0 amide bonds. The Hall–Kier alpha value is -1.02. The fourth-order valence-electron chi connectivity index (χ4n) is 1.40. The smallest absolute Gasteiger partial charge is 0.308 e. The van der Waals surface area contributed by atoms with E-state index in [1.54, 1.807) is 0 Å². The first-order valence-electron chi connectivity index (χ1n) is 4.50. The number of halogens is 1. The van der Waals surface area contributed by atoms with Gasteiger partial charge in [0, 0.05) is 5.88 Å². The lowest BCUT2D eigenvalue weighted by Gasteiger charge is -2.17. The van der Waals surface area contributed by atoms with Gasteiger partial charge in [-0.2, -0.15) is 0 Å². The molecule has 0 radical (unpaired) electrons. The minimum absolute atomic E-state index is 0.0498. The maximum atomic E-state index is 10.9. The molecule has 1 aromatic carbocycles. The van der Waals surface area contributed by atoms with Crippen molar-refractivity contribution in [3.63, 3.8) is 0 Å². The largest absolute Gasteiger partial charge is 0.481 e. The number of benzene rings is 1. The van der Waals surface area contributed by atoms with Crippen LogP contribution in [0, 0.1) is 5.92 Å². The van der Waals surface area contributed by atoms with Crippen LogP contribution >= 0.6 is 11.6 Å². The Balaban J connectivity index is 2.83. The Morgan fingerprint density at radius 2 is 2.00 bits per heavy atom. The predicted octanol–water partition coefficient (Wildman–Crippen LogP) is 2.73. The van der Waals surface area contributed by atoms with Crippen LogP contribution in [-0.4, -0.2) is 17.0 Å². The summed E-state index contributed by atoms with van der Waals surface area (Å²) in [6, 6.07) is 9.56. The van der Waals surface area contributed by atoms with Crippen LogP contribution in [0.2, 0.25) is 0 Å². The van der Waals surface area contributed by atoms with Gasteiger partial charge < -0.3 is 5.11 Å². The number of hydrogen-bond donors (Lipinski definition) is 1. The average Bonchev–Trinajstić information content (AvgIpc) is 2.19. The van der Waals surface area contributed by atoms with Gasteiger partial charge >= 0.3 is 5.97 Å². The van der Waals surface area contributed by atoms with E-state index in [9.17, 15) is 4.79 Å². The van der Waals surface area contributed by atoms with Crippen LogP contribution in [-0.2, 0) is 4.79 Å². The number of rotatable bonds is 4. The number of carboxylic acids is 1. The van der Waals surface area contributed by atoms with E-state index in [1.807, 2.05) is 37.3 Å². The molecule has 0 fully saturated rings. The van der Waals surface area contributed by atoms with Crippen molar-refractivity contribution in [2.24, 2.45) is 5.92 Å². The molecule has 2 atom stereocenters. The van der Waals surface area contributed by atoms with Gasteiger partial charge in [0.25, 0.3) is 0 Å². The fraction of sp³-hybridized carbons (Fsp3) is 0.364. The van der Waals surface area contributed by atoms with Gasteiger partial charge in [-0.15, -0.1) is 11.6 Å². The van der Waals surface area contributed by atoms with Crippen molar-refractivity contribution >= 4 is 17.6 Å². The van der Waals surface area contributed by atoms with E-state index in [4.69, 9.17) is 16.7 Å². The fourth-order valence-corrected chi connectivity index (χ4v) is 1.80. The maximum Gasteiger partial charge on any atom is 0.308 e. The van der Waals surface area contributed by atoms with Gasteiger partial charge in [0.1, 0.15) is 0 Å². The Labute approximate surface area is 88.5 Å². The molecule has 14 heavy (non-hydrogen) atoms. The van der Waals surface area contributed by atoms with E-state index in [0.717, 1.165) is 5.56 Å². The zero-order valence-corrected chi connectivity index (χ0v) is 8.74. The lowest BCUT2D eigenvalue weighted by molar-refractivity contribution is -0.141. The Morgan fingerprint density at radius 1 is 1.43 bits per heavy atom. The molecule has 0 saturated carbocycles. The van der Waals surface area contributed by atoms with E-state index in [1.165, 1.54) is 0 Å². The molecular formula is C11H13ClO2. The van der Waals surface area contributed by atoms with Crippen molar-refractivity contribution in [1.82, 2.24) is 0 Å².